The number of carbonyl (C=O) groups excluding carboxylic acids is 1. The second kappa shape index (κ2) is 7.66. The lowest BCUT2D eigenvalue weighted by Crippen LogP contribution is -2.26. The average Bonchev–Trinajstić information content (AvgIpc) is 3.17. The first-order valence-corrected chi connectivity index (χ1v) is 8.64. The van der Waals surface area contributed by atoms with E-state index in [2.05, 4.69) is 4.99 Å². The van der Waals surface area contributed by atoms with E-state index in [9.17, 15) is 4.79 Å². The third-order valence-corrected chi connectivity index (χ3v) is 4.57. The van der Waals surface area contributed by atoms with Gasteiger partial charge in [0, 0.05) is 0 Å². The van der Waals surface area contributed by atoms with Crippen LogP contribution in [0, 0.1) is 5.92 Å². The lowest BCUT2D eigenvalue weighted by molar-refractivity contribution is -0.120. The van der Waals surface area contributed by atoms with Crippen molar-refractivity contribution in [3.8, 4) is 5.75 Å². The van der Waals surface area contributed by atoms with Gasteiger partial charge in [-0.25, -0.2) is 14.9 Å². The number of nitrogens with zero attached hydrogens (tertiary/aromatic N) is 2. The number of amidine groups is 1. The molecule has 1 saturated carbocycles. The van der Waals surface area contributed by atoms with Gasteiger partial charge >= 0.3 is 0 Å². The summed E-state index contributed by atoms with van der Waals surface area (Å²) in [6.45, 7) is 2.61. The van der Waals surface area contributed by atoms with Crippen LogP contribution >= 0.6 is 0 Å². The molecule has 1 fully saturated rings. The fourth-order valence-electron chi connectivity index (χ4n) is 3.31. The van der Waals surface area contributed by atoms with Crippen LogP contribution in [0.25, 0.3) is 0 Å². The maximum absolute atomic E-state index is 11.0. The molecule has 1 atom stereocenters. The predicted molar refractivity (Wildman–Crippen MR) is 92.8 cm³/mol. The molecule has 1 aromatic carbocycles. The van der Waals surface area contributed by atoms with Crippen molar-refractivity contribution in [3.63, 3.8) is 0 Å². The van der Waals surface area contributed by atoms with Gasteiger partial charge in [-0.3, -0.25) is 4.79 Å². The minimum atomic E-state index is -0.537. The molecule has 1 aromatic rings. The van der Waals surface area contributed by atoms with Gasteiger partial charge in [0.15, 0.2) is 6.23 Å². The van der Waals surface area contributed by atoms with Crippen molar-refractivity contribution in [1.82, 2.24) is 0 Å². The van der Waals surface area contributed by atoms with Gasteiger partial charge in [-0.1, -0.05) is 25.7 Å². The second-order valence-electron chi connectivity index (χ2n) is 6.48. The summed E-state index contributed by atoms with van der Waals surface area (Å²) in [5, 5.41) is 1.62. The van der Waals surface area contributed by atoms with Crippen LogP contribution in [0.3, 0.4) is 0 Å². The quantitative estimate of drug-likeness (QED) is 0.833. The minimum absolute atomic E-state index is 0.0796. The zero-order chi connectivity index (χ0) is 16.9. The summed E-state index contributed by atoms with van der Waals surface area (Å²) in [5.74, 6) is 1.98. The standard InChI is InChI=1S/C18H25N3O3/c1-13-20-18(12-17(19)22)24-21(13)15-6-8-16(9-7-15)23-11-10-14-4-2-3-5-14/h6-9,14,18H,2-5,10-12H2,1H3,(H2,19,22). The summed E-state index contributed by atoms with van der Waals surface area (Å²) < 4.78 is 5.84. The Morgan fingerprint density at radius 3 is 2.71 bits per heavy atom. The molecule has 1 unspecified atom stereocenters. The number of aliphatic imine (C=N–C) groups is 1. The third kappa shape index (κ3) is 4.26. The van der Waals surface area contributed by atoms with E-state index >= 15 is 0 Å². The molecule has 3 rings (SSSR count). The molecule has 1 heterocycles. The van der Waals surface area contributed by atoms with Gasteiger partial charge in [-0.2, -0.15) is 0 Å². The number of benzene rings is 1. The Morgan fingerprint density at radius 2 is 2.04 bits per heavy atom. The SMILES string of the molecule is CC1=NC(CC(N)=O)ON1c1ccc(OCCC2CCCC2)cc1. The first-order valence-electron chi connectivity index (χ1n) is 8.64. The number of nitrogens with two attached hydrogens (primary N) is 1. The first kappa shape index (κ1) is 16.8. The van der Waals surface area contributed by atoms with E-state index in [1.165, 1.54) is 25.7 Å². The molecule has 0 radical (unpaired) electrons. The molecule has 1 amide bonds. The van der Waals surface area contributed by atoms with E-state index in [-0.39, 0.29) is 6.42 Å². The number of primary amides is 1. The Kier molecular flexibility index (Phi) is 5.35. The molecule has 0 spiro atoms. The molecule has 1 aliphatic heterocycles. The maximum atomic E-state index is 11.0. The van der Waals surface area contributed by atoms with Crippen molar-refractivity contribution in [1.29, 1.82) is 0 Å². The summed E-state index contributed by atoms with van der Waals surface area (Å²) >= 11 is 0. The summed E-state index contributed by atoms with van der Waals surface area (Å²) in [4.78, 5) is 20.9. The van der Waals surface area contributed by atoms with Gasteiger partial charge in [0.05, 0.1) is 18.7 Å². The van der Waals surface area contributed by atoms with Gasteiger partial charge < -0.3 is 10.5 Å². The smallest absolute Gasteiger partial charge is 0.222 e. The Hall–Kier alpha value is -2.08. The summed E-state index contributed by atoms with van der Waals surface area (Å²) in [5.41, 5.74) is 6.04. The van der Waals surface area contributed by atoms with E-state index in [0.717, 1.165) is 30.4 Å². The zero-order valence-electron chi connectivity index (χ0n) is 14.1. The monoisotopic (exact) mass is 331 g/mol. The number of hydrogen-bond acceptors (Lipinski definition) is 5. The number of anilines is 1. The van der Waals surface area contributed by atoms with Crippen LogP contribution < -0.4 is 15.5 Å². The van der Waals surface area contributed by atoms with Crippen molar-refractivity contribution in [3.05, 3.63) is 24.3 Å². The molecular formula is C18H25N3O3. The topological polar surface area (TPSA) is 77.1 Å². The number of hydroxylamine groups is 1. The van der Waals surface area contributed by atoms with Crippen LogP contribution in [-0.4, -0.2) is 24.6 Å². The van der Waals surface area contributed by atoms with Gasteiger partial charge in [0.25, 0.3) is 0 Å². The Morgan fingerprint density at radius 1 is 1.33 bits per heavy atom. The molecule has 2 N–H and O–H groups in total. The number of carbonyl (C=O) groups is 1. The van der Waals surface area contributed by atoms with E-state index in [1.54, 1.807) is 5.06 Å². The molecule has 6 heteroatoms. The van der Waals surface area contributed by atoms with Gasteiger partial charge in [0.2, 0.25) is 5.91 Å². The summed E-state index contributed by atoms with van der Waals surface area (Å²) in [6.07, 6.45) is 6.11. The van der Waals surface area contributed by atoms with Crippen LogP contribution in [0.15, 0.2) is 29.3 Å². The fraction of sp³-hybridized carbons (Fsp3) is 0.556. The predicted octanol–water partition coefficient (Wildman–Crippen LogP) is 3.02. The van der Waals surface area contributed by atoms with Gasteiger partial charge in [-0.05, 0) is 43.5 Å². The van der Waals surface area contributed by atoms with E-state index in [4.69, 9.17) is 15.3 Å². The molecule has 24 heavy (non-hydrogen) atoms. The molecule has 2 aliphatic rings. The van der Waals surface area contributed by atoms with Crippen molar-refractivity contribution < 1.29 is 14.4 Å². The largest absolute Gasteiger partial charge is 0.494 e. The Labute approximate surface area is 142 Å². The molecule has 0 saturated heterocycles. The summed E-state index contributed by atoms with van der Waals surface area (Å²) in [7, 11) is 0. The molecule has 0 aromatic heterocycles. The van der Waals surface area contributed by atoms with Crippen molar-refractivity contribution in [2.45, 2.75) is 51.7 Å². The Bertz CT molecular complexity index is 594. The highest BCUT2D eigenvalue weighted by molar-refractivity contribution is 5.95. The number of hydrogen-bond donors (Lipinski definition) is 1. The molecule has 1 aliphatic carbocycles. The molecular weight excluding hydrogens is 306 g/mol. The lowest BCUT2D eigenvalue weighted by atomic mass is 10.1. The van der Waals surface area contributed by atoms with Crippen LogP contribution in [0.5, 0.6) is 5.75 Å². The normalized spacial score (nSPS) is 21.1. The van der Waals surface area contributed by atoms with Crippen LogP contribution in [0.1, 0.15) is 45.4 Å². The number of amides is 1. The van der Waals surface area contributed by atoms with Gasteiger partial charge in [0.1, 0.15) is 11.6 Å². The van der Waals surface area contributed by atoms with Crippen LogP contribution in [-0.2, 0) is 9.63 Å². The van der Waals surface area contributed by atoms with Gasteiger partial charge in [-0.15, -0.1) is 0 Å². The number of rotatable bonds is 7. The molecule has 6 nitrogen and oxygen atoms in total. The highest BCUT2D eigenvalue weighted by Gasteiger charge is 2.26. The maximum Gasteiger partial charge on any atom is 0.222 e. The summed E-state index contributed by atoms with van der Waals surface area (Å²) in [6, 6.07) is 7.72. The zero-order valence-corrected chi connectivity index (χ0v) is 14.1. The van der Waals surface area contributed by atoms with E-state index < -0.39 is 12.1 Å². The van der Waals surface area contributed by atoms with Crippen molar-refractivity contribution in [2.75, 3.05) is 11.7 Å². The molecule has 0 bridgehead atoms. The highest BCUT2D eigenvalue weighted by Crippen LogP contribution is 2.28. The van der Waals surface area contributed by atoms with Crippen LogP contribution in [0.2, 0.25) is 0 Å². The third-order valence-electron chi connectivity index (χ3n) is 4.57. The van der Waals surface area contributed by atoms with Crippen molar-refractivity contribution >= 4 is 17.4 Å². The molecule has 130 valence electrons. The van der Waals surface area contributed by atoms with Crippen LogP contribution in [0.4, 0.5) is 5.69 Å². The fourth-order valence-corrected chi connectivity index (χ4v) is 3.31. The first-order chi connectivity index (χ1) is 11.6. The highest BCUT2D eigenvalue weighted by atomic mass is 16.7. The average molecular weight is 331 g/mol. The van der Waals surface area contributed by atoms with E-state index in [1.807, 2.05) is 31.2 Å². The number of ether oxygens (including phenoxy) is 1. The minimum Gasteiger partial charge on any atom is -0.494 e. The Balaban J connectivity index is 1.51. The van der Waals surface area contributed by atoms with E-state index in [0.29, 0.717) is 5.84 Å². The second-order valence-corrected chi connectivity index (χ2v) is 6.48. The lowest BCUT2D eigenvalue weighted by Gasteiger charge is -2.18. The van der Waals surface area contributed by atoms with Crippen molar-refractivity contribution in [2.24, 2.45) is 16.6 Å².